The maximum Gasteiger partial charge on any atom is 0.174 e. The molecule has 66 heavy (non-hydrogen) atoms. The quantitative estimate of drug-likeness (QED) is 0.0727. The molecule has 6 heterocycles. The molecule has 334 valence electrons. The lowest BCUT2D eigenvalue weighted by molar-refractivity contribution is -0.691. The molecule has 0 radical (unpaired) electrons. The second kappa shape index (κ2) is 22.0. The minimum absolute atomic E-state index is 0.843. The SMILES string of the molecule is CCc1c(C[n+]2ccccc2)c(CC)c(C[n+]2ccc(-c3cc[n+](Cc4c(CC)c(C[n+]5ccccc5)c(CC)c(C[n+]5ccccc5)c4CC)cc3)cc2)c(CC)c1C[n+]1ccccc1. The molecule has 0 saturated heterocycles. The van der Waals surface area contributed by atoms with Crippen LogP contribution in [-0.4, -0.2) is 0 Å². The van der Waals surface area contributed by atoms with Crippen molar-refractivity contribution in [1.29, 1.82) is 0 Å². The Balaban J connectivity index is 1.11. The first-order valence-electron chi connectivity index (χ1n) is 24.6. The highest BCUT2D eigenvalue weighted by molar-refractivity contribution is 5.61. The summed E-state index contributed by atoms with van der Waals surface area (Å²) in [6.07, 6.45) is 32.8. The van der Waals surface area contributed by atoms with Gasteiger partial charge in [0.15, 0.2) is 114 Å². The van der Waals surface area contributed by atoms with Gasteiger partial charge in [0, 0.05) is 106 Å². The lowest BCUT2D eigenvalue weighted by Crippen LogP contribution is -2.39. The van der Waals surface area contributed by atoms with Gasteiger partial charge in [0.05, 0.1) is 0 Å². The van der Waals surface area contributed by atoms with E-state index in [1.165, 1.54) is 77.9 Å². The second-order valence-corrected chi connectivity index (χ2v) is 17.6. The number of benzene rings is 2. The third kappa shape index (κ3) is 10.2. The van der Waals surface area contributed by atoms with E-state index in [9.17, 15) is 0 Å². The first-order valence-corrected chi connectivity index (χ1v) is 24.6. The van der Waals surface area contributed by atoms with E-state index in [2.05, 4.69) is 240 Å². The van der Waals surface area contributed by atoms with E-state index < -0.39 is 0 Å². The zero-order valence-corrected chi connectivity index (χ0v) is 40.3. The van der Waals surface area contributed by atoms with Crippen molar-refractivity contribution in [3.8, 4) is 11.1 Å². The van der Waals surface area contributed by atoms with E-state index >= 15 is 0 Å². The Morgan fingerprint density at radius 1 is 0.212 bits per heavy atom. The molecule has 0 amide bonds. The van der Waals surface area contributed by atoms with Crippen molar-refractivity contribution < 1.29 is 27.4 Å². The largest absolute Gasteiger partial charge is 0.201 e. The summed E-state index contributed by atoms with van der Waals surface area (Å²) in [6.45, 7) is 19.2. The smallest absolute Gasteiger partial charge is 0.174 e. The maximum absolute atomic E-state index is 2.39. The topological polar surface area (TPSA) is 23.3 Å². The molecule has 0 bridgehead atoms. The third-order valence-corrected chi connectivity index (χ3v) is 13.8. The molecule has 0 fully saturated rings. The molecule has 2 aromatic carbocycles. The van der Waals surface area contributed by atoms with Crippen molar-refractivity contribution in [2.45, 2.75) is 119 Å². The fraction of sp³-hybridized carbons (Fsp3) is 0.300. The van der Waals surface area contributed by atoms with Crippen molar-refractivity contribution in [2.24, 2.45) is 0 Å². The summed E-state index contributed by atoms with van der Waals surface area (Å²) >= 11 is 0. The van der Waals surface area contributed by atoms with Crippen molar-refractivity contribution in [1.82, 2.24) is 0 Å². The molecule has 0 aliphatic rings. The number of hydrogen-bond acceptors (Lipinski definition) is 0. The lowest BCUT2D eigenvalue weighted by atomic mass is 9.83. The van der Waals surface area contributed by atoms with Crippen LogP contribution in [0.3, 0.4) is 0 Å². The minimum Gasteiger partial charge on any atom is -0.201 e. The molecule has 0 aliphatic heterocycles. The van der Waals surface area contributed by atoms with Gasteiger partial charge < -0.3 is 0 Å². The van der Waals surface area contributed by atoms with Crippen molar-refractivity contribution in [3.63, 3.8) is 0 Å². The van der Waals surface area contributed by atoms with E-state index in [1.807, 2.05) is 0 Å². The van der Waals surface area contributed by atoms with E-state index in [1.54, 1.807) is 0 Å². The molecule has 0 spiro atoms. The zero-order chi connectivity index (χ0) is 45.8. The highest BCUT2D eigenvalue weighted by Crippen LogP contribution is 2.33. The van der Waals surface area contributed by atoms with Gasteiger partial charge in [0.25, 0.3) is 0 Å². The lowest BCUT2D eigenvalue weighted by Gasteiger charge is -2.23. The summed E-state index contributed by atoms with van der Waals surface area (Å²) in [7, 11) is 0. The van der Waals surface area contributed by atoms with Crippen LogP contribution < -0.4 is 27.4 Å². The van der Waals surface area contributed by atoms with Gasteiger partial charge in [-0.25, -0.2) is 27.4 Å². The summed E-state index contributed by atoms with van der Waals surface area (Å²) in [5.41, 5.74) is 20.4. The molecule has 0 unspecified atom stereocenters. The van der Waals surface area contributed by atoms with Gasteiger partial charge in [-0.3, -0.25) is 0 Å². The standard InChI is InChI=1S/C60H70N6/c1-7-49-55(41-61-29-17-13-18-30-61)51(9-3)59(52(10-4)56(49)42-62-31-19-14-20-32-62)45-65-37-25-47(26-38-65)48-27-39-66(40-28-48)46-60-53(11-5)57(43-63-33-21-15-22-34-63)50(8-2)58(54(60)12-6)44-64-35-23-16-24-36-64/h13-40H,7-12,41-46H2,1-6H3/q+6. The predicted molar refractivity (Wildman–Crippen MR) is 263 cm³/mol. The summed E-state index contributed by atoms with van der Waals surface area (Å²) in [4.78, 5) is 0. The predicted octanol–water partition coefficient (Wildman–Crippen LogP) is 8.74. The molecule has 0 atom stereocenters. The van der Waals surface area contributed by atoms with Crippen LogP contribution in [0.25, 0.3) is 11.1 Å². The Labute approximate surface area is 394 Å². The van der Waals surface area contributed by atoms with E-state index in [0.29, 0.717) is 0 Å². The summed E-state index contributed by atoms with van der Waals surface area (Å²) < 4.78 is 14.1. The summed E-state index contributed by atoms with van der Waals surface area (Å²) in [5, 5.41) is 0. The van der Waals surface area contributed by atoms with Gasteiger partial charge in [-0.05, 0) is 83.0 Å². The normalized spacial score (nSPS) is 11.3. The van der Waals surface area contributed by atoms with E-state index in [4.69, 9.17) is 0 Å². The second-order valence-electron chi connectivity index (χ2n) is 17.6. The minimum atomic E-state index is 0.843. The van der Waals surface area contributed by atoms with Crippen LogP contribution in [0.1, 0.15) is 108 Å². The number of pyridine rings is 6. The van der Waals surface area contributed by atoms with Gasteiger partial charge in [-0.1, -0.05) is 65.8 Å². The van der Waals surface area contributed by atoms with Gasteiger partial charge in [-0.15, -0.1) is 0 Å². The Morgan fingerprint density at radius 3 is 0.545 bits per heavy atom. The van der Waals surface area contributed by atoms with Crippen LogP contribution in [0.2, 0.25) is 0 Å². The zero-order valence-electron chi connectivity index (χ0n) is 40.3. The molecular formula is C60H70N6+6. The molecule has 0 N–H and O–H groups in total. The number of aromatic nitrogens is 6. The number of rotatable bonds is 19. The third-order valence-electron chi connectivity index (χ3n) is 13.8. The molecule has 6 aromatic heterocycles. The van der Waals surface area contributed by atoms with Gasteiger partial charge in [0.1, 0.15) is 0 Å². The monoisotopic (exact) mass is 875 g/mol. The highest BCUT2D eigenvalue weighted by atomic mass is 15.0. The van der Waals surface area contributed by atoms with Gasteiger partial charge in [0.2, 0.25) is 0 Å². The average Bonchev–Trinajstić information content (AvgIpc) is 3.36. The van der Waals surface area contributed by atoms with Crippen molar-refractivity contribution in [2.75, 3.05) is 0 Å². The van der Waals surface area contributed by atoms with E-state index in [0.717, 1.165) is 77.8 Å². The van der Waals surface area contributed by atoms with Crippen molar-refractivity contribution >= 4 is 0 Å². The van der Waals surface area contributed by atoms with Crippen LogP contribution >= 0.6 is 0 Å². The Hall–Kier alpha value is -6.66. The highest BCUT2D eigenvalue weighted by Gasteiger charge is 2.29. The maximum atomic E-state index is 2.39. The van der Waals surface area contributed by atoms with Crippen LogP contribution in [0, 0.1) is 0 Å². The van der Waals surface area contributed by atoms with Crippen LogP contribution in [0.5, 0.6) is 0 Å². The van der Waals surface area contributed by atoms with E-state index in [-0.39, 0.29) is 0 Å². The Kier molecular flexibility index (Phi) is 15.3. The molecule has 0 aliphatic carbocycles. The number of hydrogen-bond donors (Lipinski definition) is 0. The fourth-order valence-electron chi connectivity index (χ4n) is 10.7. The van der Waals surface area contributed by atoms with Crippen LogP contribution in [0.15, 0.2) is 171 Å². The average molecular weight is 875 g/mol. The Morgan fingerprint density at radius 2 is 0.379 bits per heavy atom. The molecule has 8 rings (SSSR count). The fourth-order valence-corrected chi connectivity index (χ4v) is 10.7. The van der Waals surface area contributed by atoms with Crippen LogP contribution in [-0.2, 0) is 77.8 Å². The summed E-state index contributed by atoms with van der Waals surface area (Å²) in [6, 6.07) is 34.7. The number of nitrogens with zero attached hydrogens (tertiary/aromatic N) is 6. The summed E-state index contributed by atoms with van der Waals surface area (Å²) in [5.74, 6) is 0. The first kappa shape index (κ1) is 45.9. The van der Waals surface area contributed by atoms with Crippen LogP contribution in [0.4, 0.5) is 0 Å². The van der Waals surface area contributed by atoms with Gasteiger partial charge >= 0.3 is 0 Å². The molecule has 0 saturated carbocycles. The molecular weight excluding hydrogens is 805 g/mol. The molecule has 8 aromatic rings. The van der Waals surface area contributed by atoms with Crippen molar-refractivity contribution in [3.05, 3.63) is 238 Å². The first-order chi connectivity index (χ1) is 32.5. The Bertz CT molecular complexity index is 2480. The molecule has 6 heteroatoms. The van der Waals surface area contributed by atoms with Gasteiger partial charge in [-0.2, -0.15) is 0 Å². The molecule has 6 nitrogen and oxygen atoms in total.